The molecular formula is C19H26N4O2. The lowest BCUT2D eigenvalue weighted by Crippen LogP contribution is -2.44. The van der Waals surface area contributed by atoms with Crippen LogP contribution in [0.1, 0.15) is 46.8 Å². The van der Waals surface area contributed by atoms with Crippen molar-refractivity contribution in [2.24, 2.45) is 5.41 Å². The van der Waals surface area contributed by atoms with Crippen LogP contribution in [-0.2, 0) is 0 Å². The SMILES string of the molecule is Cc1cc(-n2c(C)cc(C(=O)N3CCC4(CCNC4)CC3)c2C)no1. The van der Waals surface area contributed by atoms with E-state index in [0.29, 0.717) is 5.41 Å². The fraction of sp³-hybridized carbons (Fsp3) is 0.579. The molecule has 134 valence electrons. The van der Waals surface area contributed by atoms with E-state index in [1.807, 2.05) is 42.4 Å². The first kappa shape index (κ1) is 16.4. The van der Waals surface area contributed by atoms with Crippen LogP contribution in [0.15, 0.2) is 16.7 Å². The zero-order valence-electron chi connectivity index (χ0n) is 15.3. The Morgan fingerprint density at radius 2 is 1.96 bits per heavy atom. The number of likely N-dealkylation sites (tertiary alicyclic amines) is 1. The summed E-state index contributed by atoms with van der Waals surface area (Å²) < 4.78 is 7.19. The van der Waals surface area contributed by atoms with E-state index in [2.05, 4.69) is 10.5 Å². The molecule has 4 heterocycles. The van der Waals surface area contributed by atoms with Gasteiger partial charge in [0, 0.05) is 37.1 Å². The average molecular weight is 342 g/mol. The Bertz CT molecular complexity index is 788. The van der Waals surface area contributed by atoms with Crippen molar-refractivity contribution in [1.82, 2.24) is 19.9 Å². The number of amides is 1. The molecule has 0 bridgehead atoms. The van der Waals surface area contributed by atoms with Crippen molar-refractivity contribution in [3.63, 3.8) is 0 Å². The largest absolute Gasteiger partial charge is 0.360 e. The standard InChI is InChI=1S/C19H26N4O2/c1-13-10-16(15(3)23(13)17-11-14(2)25-21-17)18(24)22-8-5-19(6-9-22)4-7-20-12-19/h10-11,20H,4-9,12H2,1-3H3. The Morgan fingerprint density at radius 1 is 1.20 bits per heavy atom. The molecule has 0 unspecified atom stereocenters. The minimum absolute atomic E-state index is 0.139. The molecule has 0 atom stereocenters. The Balaban J connectivity index is 1.55. The molecule has 0 aromatic carbocycles. The van der Waals surface area contributed by atoms with Crippen LogP contribution < -0.4 is 5.32 Å². The Hall–Kier alpha value is -2.08. The number of aromatic nitrogens is 2. The highest BCUT2D eigenvalue weighted by Gasteiger charge is 2.38. The fourth-order valence-electron chi connectivity index (χ4n) is 4.37. The van der Waals surface area contributed by atoms with Gasteiger partial charge in [0.05, 0.1) is 5.56 Å². The zero-order chi connectivity index (χ0) is 17.6. The molecule has 0 radical (unpaired) electrons. The third-order valence-corrected chi connectivity index (χ3v) is 5.95. The van der Waals surface area contributed by atoms with E-state index in [9.17, 15) is 4.79 Å². The van der Waals surface area contributed by atoms with Crippen LogP contribution in [0.5, 0.6) is 0 Å². The lowest BCUT2D eigenvalue weighted by molar-refractivity contribution is 0.0607. The van der Waals surface area contributed by atoms with E-state index in [4.69, 9.17) is 4.52 Å². The van der Waals surface area contributed by atoms with Gasteiger partial charge in [-0.15, -0.1) is 0 Å². The van der Waals surface area contributed by atoms with E-state index >= 15 is 0 Å². The topological polar surface area (TPSA) is 63.3 Å². The van der Waals surface area contributed by atoms with Crippen molar-refractivity contribution in [2.75, 3.05) is 26.2 Å². The summed E-state index contributed by atoms with van der Waals surface area (Å²) in [7, 11) is 0. The number of hydrogen-bond donors (Lipinski definition) is 1. The maximum absolute atomic E-state index is 13.1. The van der Waals surface area contributed by atoms with Gasteiger partial charge in [-0.05, 0) is 58.1 Å². The van der Waals surface area contributed by atoms with Gasteiger partial charge in [-0.25, -0.2) is 0 Å². The van der Waals surface area contributed by atoms with Crippen LogP contribution in [-0.4, -0.2) is 46.7 Å². The number of piperidine rings is 1. The van der Waals surface area contributed by atoms with Gasteiger partial charge in [-0.1, -0.05) is 5.16 Å². The first-order valence-electron chi connectivity index (χ1n) is 9.12. The van der Waals surface area contributed by atoms with Crippen LogP contribution in [0, 0.1) is 26.2 Å². The maximum Gasteiger partial charge on any atom is 0.255 e. The Kier molecular flexibility index (Phi) is 3.95. The van der Waals surface area contributed by atoms with E-state index in [1.54, 1.807) is 0 Å². The smallest absolute Gasteiger partial charge is 0.255 e. The highest BCUT2D eigenvalue weighted by Crippen LogP contribution is 2.37. The summed E-state index contributed by atoms with van der Waals surface area (Å²) in [4.78, 5) is 15.1. The van der Waals surface area contributed by atoms with E-state index < -0.39 is 0 Å². The first-order valence-corrected chi connectivity index (χ1v) is 9.12. The van der Waals surface area contributed by atoms with Crippen molar-refractivity contribution >= 4 is 5.91 Å². The molecule has 1 N–H and O–H groups in total. The molecule has 1 spiro atoms. The number of nitrogens with one attached hydrogen (secondary N) is 1. The quantitative estimate of drug-likeness (QED) is 0.911. The molecule has 0 saturated carbocycles. The second kappa shape index (κ2) is 6.02. The molecule has 6 heteroatoms. The highest BCUT2D eigenvalue weighted by atomic mass is 16.5. The van der Waals surface area contributed by atoms with Crippen LogP contribution in [0.2, 0.25) is 0 Å². The second-order valence-corrected chi connectivity index (χ2v) is 7.63. The Morgan fingerprint density at radius 3 is 2.56 bits per heavy atom. The predicted molar refractivity (Wildman–Crippen MR) is 95.1 cm³/mol. The van der Waals surface area contributed by atoms with Crippen LogP contribution in [0.4, 0.5) is 0 Å². The lowest BCUT2D eigenvalue weighted by atomic mass is 9.78. The van der Waals surface area contributed by atoms with E-state index in [1.165, 1.54) is 6.42 Å². The molecule has 2 aliphatic rings. The van der Waals surface area contributed by atoms with Crippen molar-refractivity contribution in [3.8, 4) is 5.82 Å². The van der Waals surface area contributed by atoms with Gasteiger partial charge in [0.2, 0.25) is 0 Å². The van der Waals surface area contributed by atoms with Gasteiger partial charge in [-0.2, -0.15) is 0 Å². The maximum atomic E-state index is 13.1. The van der Waals surface area contributed by atoms with Gasteiger partial charge in [0.15, 0.2) is 5.82 Å². The molecule has 4 rings (SSSR count). The molecular weight excluding hydrogens is 316 g/mol. The van der Waals surface area contributed by atoms with Crippen LogP contribution >= 0.6 is 0 Å². The number of hydrogen-bond acceptors (Lipinski definition) is 4. The van der Waals surface area contributed by atoms with Crippen LogP contribution in [0.25, 0.3) is 5.82 Å². The van der Waals surface area contributed by atoms with Crippen molar-refractivity contribution in [3.05, 3.63) is 34.8 Å². The lowest BCUT2D eigenvalue weighted by Gasteiger charge is -2.38. The second-order valence-electron chi connectivity index (χ2n) is 7.63. The first-order chi connectivity index (χ1) is 12.0. The number of aryl methyl sites for hydroxylation is 2. The minimum atomic E-state index is 0.139. The van der Waals surface area contributed by atoms with Crippen molar-refractivity contribution in [1.29, 1.82) is 0 Å². The molecule has 2 fully saturated rings. The van der Waals surface area contributed by atoms with Crippen molar-refractivity contribution in [2.45, 2.75) is 40.0 Å². The molecule has 2 aliphatic heterocycles. The summed E-state index contributed by atoms with van der Waals surface area (Å²) in [6, 6.07) is 3.87. The normalized spacial score (nSPS) is 19.7. The molecule has 25 heavy (non-hydrogen) atoms. The monoisotopic (exact) mass is 342 g/mol. The fourth-order valence-corrected chi connectivity index (χ4v) is 4.37. The summed E-state index contributed by atoms with van der Waals surface area (Å²) >= 11 is 0. The summed E-state index contributed by atoms with van der Waals surface area (Å²) in [6.07, 6.45) is 3.45. The third kappa shape index (κ3) is 2.78. The third-order valence-electron chi connectivity index (χ3n) is 5.95. The average Bonchev–Trinajstić information content (AvgIpc) is 3.29. The predicted octanol–water partition coefficient (Wildman–Crippen LogP) is 2.61. The molecule has 2 aromatic rings. The van der Waals surface area contributed by atoms with Gasteiger partial charge < -0.3 is 14.7 Å². The molecule has 0 aliphatic carbocycles. The van der Waals surface area contributed by atoms with Crippen LogP contribution in [0.3, 0.4) is 0 Å². The molecule has 1 amide bonds. The van der Waals surface area contributed by atoms with Gasteiger partial charge >= 0.3 is 0 Å². The summed E-state index contributed by atoms with van der Waals surface area (Å²) in [5.74, 6) is 1.64. The molecule has 2 aromatic heterocycles. The van der Waals surface area contributed by atoms with Crippen molar-refractivity contribution < 1.29 is 9.32 Å². The summed E-state index contributed by atoms with van der Waals surface area (Å²) in [6.45, 7) is 9.79. The van der Waals surface area contributed by atoms with Gasteiger partial charge in [0.25, 0.3) is 5.91 Å². The molecule has 2 saturated heterocycles. The highest BCUT2D eigenvalue weighted by molar-refractivity contribution is 5.96. The zero-order valence-corrected chi connectivity index (χ0v) is 15.3. The summed E-state index contributed by atoms with van der Waals surface area (Å²) in [5, 5.41) is 7.57. The number of carbonyl (C=O) groups is 1. The number of rotatable bonds is 2. The van der Waals surface area contributed by atoms with E-state index in [0.717, 1.165) is 67.6 Å². The summed E-state index contributed by atoms with van der Waals surface area (Å²) in [5.41, 5.74) is 3.13. The number of carbonyl (C=O) groups excluding carboxylic acids is 1. The van der Waals surface area contributed by atoms with Gasteiger partial charge in [0.1, 0.15) is 5.76 Å². The Labute approximate surface area is 148 Å². The number of nitrogens with zero attached hydrogens (tertiary/aromatic N) is 3. The van der Waals surface area contributed by atoms with E-state index in [-0.39, 0.29) is 5.91 Å². The minimum Gasteiger partial charge on any atom is -0.360 e. The molecule has 6 nitrogen and oxygen atoms in total. The van der Waals surface area contributed by atoms with Gasteiger partial charge in [-0.3, -0.25) is 9.36 Å².